The summed E-state index contributed by atoms with van der Waals surface area (Å²) in [5.74, 6) is -0.749. The summed E-state index contributed by atoms with van der Waals surface area (Å²) in [4.78, 5) is 27.6. The molecule has 8 heteroatoms. The van der Waals surface area contributed by atoms with Gasteiger partial charge in [-0.3, -0.25) is 14.5 Å². The zero-order chi connectivity index (χ0) is 23.7. The minimum atomic E-state index is -0.815. The predicted octanol–water partition coefficient (Wildman–Crippen LogP) is 4.99. The molecule has 1 fully saturated rings. The molecule has 1 amide bonds. The van der Waals surface area contributed by atoms with Gasteiger partial charge in [-0.25, -0.2) is 0 Å². The molecule has 0 radical (unpaired) electrons. The number of aliphatic hydroxyl groups is 1. The Morgan fingerprint density at radius 1 is 1.09 bits per heavy atom. The average Bonchev–Trinajstić information content (AvgIpc) is 3.34. The Bertz CT molecular complexity index is 1210. The Labute approximate surface area is 196 Å². The van der Waals surface area contributed by atoms with Gasteiger partial charge in [0.25, 0.3) is 5.78 Å². The molecule has 33 heavy (non-hydrogen) atoms. The molecule has 4 rings (SSSR count). The first-order valence-corrected chi connectivity index (χ1v) is 11.6. The first-order valence-electron chi connectivity index (χ1n) is 10.8. The normalized spacial score (nSPS) is 17.7. The largest absolute Gasteiger partial charge is 0.507 e. The molecule has 1 saturated heterocycles. The zero-order valence-electron chi connectivity index (χ0n) is 18.9. The molecule has 1 atom stereocenters. The second-order valence-corrected chi connectivity index (χ2v) is 9.21. The number of hydrogen-bond donors (Lipinski definition) is 1. The van der Waals surface area contributed by atoms with Crippen molar-refractivity contribution >= 4 is 33.9 Å². The van der Waals surface area contributed by atoms with Crippen LogP contribution >= 0.6 is 11.3 Å². The summed E-state index contributed by atoms with van der Waals surface area (Å²) < 4.78 is 5.46. The molecule has 1 aliphatic rings. The smallest absolute Gasteiger partial charge is 0.301 e. The van der Waals surface area contributed by atoms with Crippen LogP contribution in [0.5, 0.6) is 5.75 Å². The lowest BCUT2D eigenvalue weighted by Gasteiger charge is -2.23. The van der Waals surface area contributed by atoms with Crippen LogP contribution in [-0.4, -0.2) is 33.6 Å². The number of anilines is 1. The van der Waals surface area contributed by atoms with Gasteiger partial charge in [0.15, 0.2) is 0 Å². The van der Waals surface area contributed by atoms with E-state index >= 15 is 0 Å². The maximum Gasteiger partial charge on any atom is 0.301 e. The molecular formula is C25H25N3O4S. The topological polar surface area (TPSA) is 92.6 Å². The Kier molecular flexibility index (Phi) is 6.29. The van der Waals surface area contributed by atoms with E-state index in [0.29, 0.717) is 39.5 Å². The quantitative estimate of drug-likeness (QED) is 0.314. The SMILES string of the molecule is CCOc1ccc(C(O)=C2C(=O)C(=O)N(c3nnc(C)s3)[C@H]2c2ccc(C(C)C)cc2)cc1. The highest BCUT2D eigenvalue weighted by molar-refractivity contribution is 7.15. The van der Waals surface area contributed by atoms with Crippen LogP contribution < -0.4 is 9.64 Å². The second kappa shape index (κ2) is 9.15. The van der Waals surface area contributed by atoms with Crippen LogP contribution in [0.3, 0.4) is 0 Å². The average molecular weight is 464 g/mol. The van der Waals surface area contributed by atoms with Crippen molar-refractivity contribution in [1.29, 1.82) is 0 Å². The minimum Gasteiger partial charge on any atom is -0.507 e. The molecule has 1 aliphatic heterocycles. The molecule has 3 aromatic rings. The van der Waals surface area contributed by atoms with Crippen molar-refractivity contribution in [1.82, 2.24) is 10.2 Å². The number of aromatic nitrogens is 2. The highest BCUT2D eigenvalue weighted by Gasteiger charge is 2.48. The number of carbonyl (C=O) groups is 2. The summed E-state index contributed by atoms with van der Waals surface area (Å²) in [5, 5.41) is 20.3. The first-order chi connectivity index (χ1) is 15.8. The number of ketones is 1. The monoisotopic (exact) mass is 463 g/mol. The fraction of sp³-hybridized carbons (Fsp3) is 0.280. The number of aliphatic hydroxyl groups excluding tert-OH is 1. The Balaban J connectivity index is 1.86. The molecular weight excluding hydrogens is 438 g/mol. The third kappa shape index (κ3) is 4.26. The lowest BCUT2D eigenvalue weighted by molar-refractivity contribution is -0.132. The molecule has 0 saturated carbocycles. The van der Waals surface area contributed by atoms with Gasteiger partial charge in [-0.15, -0.1) is 10.2 Å². The summed E-state index contributed by atoms with van der Waals surface area (Å²) in [5.41, 5.74) is 2.29. The number of carbonyl (C=O) groups excluding carboxylic acids is 2. The second-order valence-electron chi connectivity index (χ2n) is 8.05. The molecule has 0 bridgehead atoms. The number of nitrogens with zero attached hydrogens (tertiary/aromatic N) is 3. The van der Waals surface area contributed by atoms with Crippen molar-refractivity contribution in [3.05, 3.63) is 75.8 Å². The van der Waals surface area contributed by atoms with E-state index in [4.69, 9.17) is 4.74 Å². The number of benzene rings is 2. The fourth-order valence-electron chi connectivity index (χ4n) is 3.82. The molecule has 0 unspecified atom stereocenters. The van der Waals surface area contributed by atoms with Crippen LogP contribution in [0.4, 0.5) is 5.13 Å². The molecule has 0 aliphatic carbocycles. The van der Waals surface area contributed by atoms with Gasteiger partial charge < -0.3 is 9.84 Å². The summed E-state index contributed by atoms with van der Waals surface area (Å²) in [7, 11) is 0. The van der Waals surface area contributed by atoms with Crippen LogP contribution in [0.2, 0.25) is 0 Å². The van der Waals surface area contributed by atoms with Gasteiger partial charge in [0.05, 0.1) is 18.2 Å². The van der Waals surface area contributed by atoms with Crippen LogP contribution in [-0.2, 0) is 9.59 Å². The van der Waals surface area contributed by atoms with E-state index in [9.17, 15) is 14.7 Å². The van der Waals surface area contributed by atoms with Crippen LogP contribution in [0.1, 0.15) is 54.4 Å². The Morgan fingerprint density at radius 2 is 1.76 bits per heavy atom. The number of amides is 1. The van der Waals surface area contributed by atoms with Crippen LogP contribution in [0.25, 0.3) is 5.76 Å². The van der Waals surface area contributed by atoms with Crippen molar-refractivity contribution in [2.45, 2.75) is 39.7 Å². The third-order valence-electron chi connectivity index (χ3n) is 5.52. The van der Waals surface area contributed by atoms with E-state index in [1.165, 1.54) is 16.2 Å². The Morgan fingerprint density at radius 3 is 2.30 bits per heavy atom. The summed E-state index contributed by atoms with van der Waals surface area (Å²) in [6, 6.07) is 13.7. The molecule has 7 nitrogen and oxygen atoms in total. The van der Waals surface area contributed by atoms with E-state index in [1.54, 1.807) is 31.2 Å². The molecule has 1 aromatic heterocycles. The Hall–Kier alpha value is -3.52. The maximum atomic E-state index is 13.2. The van der Waals surface area contributed by atoms with Crippen LogP contribution in [0, 0.1) is 6.92 Å². The number of ether oxygens (including phenoxy) is 1. The van der Waals surface area contributed by atoms with Crippen molar-refractivity contribution in [2.24, 2.45) is 0 Å². The van der Waals surface area contributed by atoms with Gasteiger partial charge in [0, 0.05) is 5.56 Å². The van der Waals surface area contributed by atoms with Crippen molar-refractivity contribution in [2.75, 3.05) is 11.5 Å². The van der Waals surface area contributed by atoms with Gasteiger partial charge in [-0.05, 0) is 55.2 Å². The lowest BCUT2D eigenvalue weighted by Crippen LogP contribution is -2.29. The summed E-state index contributed by atoms with van der Waals surface area (Å²) >= 11 is 1.22. The third-order valence-corrected chi connectivity index (χ3v) is 6.36. The van der Waals surface area contributed by atoms with E-state index < -0.39 is 17.7 Å². The molecule has 1 N–H and O–H groups in total. The lowest BCUT2D eigenvalue weighted by atomic mass is 9.93. The van der Waals surface area contributed by atoms with Gasteiger partial charge in [-0.2, -0.15) is 0 Å². The summed E-state index contributed by atoms with van der Waals surface area (Å²) in [6.45, 7) is 8.37. The molecule has 2 heterocycles. The van der Waals surface area contributed by atoms with Gasteiger partial charge >= 0.3 is 5.91 Å². The van der Waals surface area contributed by atoms with Gasteiger partial charge in [0.2, 0.25) is 5.13 Å². The van der Waals surface area contributed by atoms with E-state index in [2.05, 4.69) is 24.0 Å². The van der Waals surface area contributed by atoms with E-state index in [1.807, 2.05) is 31.2 Å². The molecule has 2 aromatic carbocycles. The zero-order valence-corrected chi connectivity index (χ0v) is 19.7. The minimum absolute atomic E-state index is 0.0225. The van der Waals surface area contributed by atoms with Gasteiger partial charge in [0.1, 0.15) is 16.5 Å². The van der Waals surface area contributed by atoms with Crippen molar-refractivity contribution in [3.63, 3.8) is 0 Å². The molecule has 0 spiro atoms. The number of aryl methyl sites for hydroxylation is 1. The fourth-order valence-corrected chi connectivity index (χ4v) is 4.54. The van der Waals surface area contributed by atoms with E-state index in [0.717, 1.165) is 5.56 Å². The number of hydrogen-bond acceptors (Lipinski definition) is 7. The number of rotatable bonds is 6. The summed E-state index contributed by atoms with van der Waals surface area (Å²) in [6.07, 6.45) is 0. The van der Waals surface area contributed by atoms with Crippen molar-refractivity contribution < 1.29 is 19.4 Å². The van der Waals surface area contributed by atoms with E-state index in [-0.39, 0.29) is 11.3 Å². The van der Waals surface area contributed by atoms with Crippen LogP contribution in [0.15, 0.2) is 54.1 Å². The predicted molar refractivity (Wildman–Crippen MR) is 128 cm³/mol. The first kappa shape index (κ1) is 22.7. The van der Waals surface area contributed by atoms with Gasteiger partial charge in [-0.1, -0.05) is 49.4 Å². The standard InChI is InChI=1S/C25H25N3O4S/c1-5-32-19-12-10-18(11-13-19)22(29)20-21(17-8-6-16(7-9-17)14(2)3)28(24(31)23(20)30)25-27-26-15(4)33-25/h6-14,21,29H,5H2,1-4H3/t21-/m0/s1. The maximum absolute atomic E-state index is 13.2. The molecule has 170 valence electrons. The number of Topliss-reactive ketones (excluding diaryl/α,β-unsaturated/α-hetero) is 1. The highest BCUT2D eigenvalue weighted by Crippen LogP contribution is 2.43. The van der Waals surface area contributed by atoms with Crippen molar-refractivity contribution in [3.8, 4) is 5.75 Å². The highest BCUT2D eigenvalue weighted by atomic mass is 32.1.